The molecule has 2 N–H and O–H groups in total. The number of fused-ring (bicyclic) bond motifs is 3. The third-order valence-corrected chi connectivity index (χ3v) is 5.19. The lowest BCUT2D eigenvalue weighted by molar-refractivity contribution is 0.0365. The number of nitrogens with one attached hydrogen (secondary N) is 2. The van der Waals surface area contributed by atoms with Crippen LogP contribution >= 0.6 is 11.6 Å². The molecule has 1 aliphatic rings. The van der Waals surface area contributed by atoms with E-state index in [9.17, 15) is 4.79 Å². The lowest BCUT2D eigenvalue weighted by atomic mass is 10.1. The number of para-hydroxylation sites is 1. The van der Waals surface area contributed by atoms with Crippen LogP contribution in [0.2, 0.25) is 5.15 Å². The quantitative estimate of drug-likeness (QED) is 0.474. The fourth-order valence-electron chi connectivity index (χ4n) is 3.47. The minimum atomic E-state index is -0.413. The van der Waals surface area contributed by atoms with Crippen molar-refractivity contribution in [2.45, 2.75) is 26.8 Å². The Morgan fingerprint density at radius 1 is 1.33 bits per heavy atom. The molecular formula is C20H22ClN7O2. The molecule has 0 aliphatic carbocycles. The summed E-state index contributed by atoms with van der Waals surface area (Å²) >= 11 is 6.11. The molecule has 0 saturated heterocycles. The van der Waals surface area contributed by atoms with E-state index in [0.717, 1.165) is 22.9 Å². The summed E-state index contributed by atoms with van der Waals surface area (Å²) in [5, 5.41) is 8.17. The van der Waals surface area contributed by atoms with E-state index >= 15 is 0 Å². The Morgan fingerprint density at radius 3 is 2.90 bits per heavy atom. The Labute approximate surface area is 179 Å². The maximum Gasteiger partial charge on any atom is 0.278 e. The molecule has 0 bridgehead atoms. The summed E-state index contributed by atoms with van der Waals surface area (Å²) < 4.78 is 1.86. The average Bonchev–Trinajstić information content (AvgIpc) is 3.12. The monoisotopic (exact) mass is 427 g/mol. The average molecular weight is 428 g/mol. The molecule has 0 fully saturated rings. The summed E-state index contributed by atoms with van der Waals surface area (Å²) in [6.45, 7) is 6.09. The molecule has 2 aromatic heterocycles. The highest BCUT2D eigenvalue weighted by Gasteiger charge is 2.30. The normalized spacial score (nSPS) is 14.8. The van der Waals surface area contributed by atoms with Crippen molar-refractivity contribution >= 4 is 34.6 Å². The van der Waals surface area contributed by atoms with Crippen LogP contribution < -0.4 is 15.7 Å². The number of carbonyl (C=O) groups excluding carboxylic acids is 1. The molecular weight excluding hydrogens is 406 g/mol. The Morgan fingerprint density at radius 2 is 2.13 bits per heavy atom. The van der Waals surface area contributed by atoms with Crippen molar-refractivity contribution in [2.24, 2.45) is 0 Å². The van der Waals surface area contributed by atoms with E-state index in [-0.39, 0.29) is 11.2 Å². The molecule has 4 rings (SSSR count). The molecule has 1 aliphatic heterocycles. The van der Waals surface area contributed by atoms with E-state index in [1.807, 2.05) is 36.9 Å². The molecule has 1 aromatic carbocycles. The Hall–Kier alpha value is -3.17. The van der Waals surface area contributed by atoms with Crippen LogP contribution in [0.3, 0.4) is 0 Å². The van der Waals surface area contributed by atoms with Gasteiger partial charge in [0.25, 0.3) is 5.91 Å². The third kappa shape index (κ3) is 3.46. The van der Waals surface area contributed by atoms with Gasteiger partial charge in [-0.25, -0.2) is 20.1 Å². The molecule has 1 atom stereocenters. The molecule has 9 nitrogen and oxygen atoms in total. The SMILES string of the molecule is CCONC(=O)c1cnc(Cl)cc1Nc1cccc2c1N(C)[C@@H](C)c1nc(C)nn1-2. The van der Waals surface area contributed by atoms with Gasteiger partial charge in [-0.1, -0.05) is 17.7 Å². The van der Waals surface area contributed by atoms with Gasteiger partial charge in [-0.05, 0) is 39.0 Å². The number of halogens is 1. The first-order valence-electron chi connectivity index (χ1n) is 9.55. The molecule has 3 aromatic rings. The zero-order valence-corrected chi connectivity index (χ0v) is 17.9. The standard InChI is InChI=1S/C20H22ClN7O2/c1-5-30-26-20(29)13-10-22-17(21)9-15(13)24-14-7-6-8-16-18(14)27(4)11(2)19-23-12(3)25-28(16)19/h6-11H,5H2,1-4H3,(H,22,24)(H,26,29)/t11-/m0/s1. The lowest BCUT2D eigenvalue weighted by Gasteiger charge is -2.34. The number of hydrogen-bond acceptors (Lipinski definition) is 7. The molecule has 0 saturated carbocycles. The molecule has 1 amide bonds. The van der Waals surface area contributed by atoms with E-state index < -0.39 is 5.91 Å². The minimum absolute atomic E-state index is 0.0170. The maximum absolute atomic E-state index is 12.5. The molecule has 0 spiro atoms. The minimum Gasteiger partial charge on any atom is -0.361 e. The molecule has 0 radical (unpaired) electrons. The number of nitrogens with zero attached hydrogens (tertiary/aromatic N) is 5. The summed E-state index contributed by atoms with van der Waals surface area (Å²) in [4.78, 5) is 28.3. The van der Waals surface area contributed by atoms with E-state index in [0.29, 0.717) is 23.7 Å². The van der Waals surface area contributed by atoms with Crippen LogP contribution in [0.15, 0.2) is 30.5 Å². The van der Waals surface area contributed by atoms with Crippen molar-refractivity contribution in [3.8, 4) is 5.69 Å². The van der Waals surface area contributed by atoms with Crippen LogP contribution in [-0.4, -0.2) is 39.3 Å². The number of carbonyl (C=O) groups is 1. The molecule has 30 heavy (non-hydrogen) atoms. The zero-order valence-electron chi connectivity index (χ0n) is 17.1. The van der Waals surface area contributed by atoms with Crippen LogP contribution in [0.5, 0.6) is 0 Å². The van der Waals surface area contributed by atoms with E-state index in [4.69, 9.17) is 16.4 Å². The van der Waals surface area contributed by atoms with Gasteiger partial charge in [-0.15, -0.1) is 0 Å². The molecule has 156 valence electrons. The highest BCUT2D eigenvalue weighted by molar-refractivity contribution is 6.29. The van der Waals surface area contributed by atoms with Gasteiger partial charge in [-0.2, -0.15) is 5.10 Å². The van der Waals surface area contributed by atoms with Gasteiger partial charge in [0.2, 0.25) is 0 Å². The molecule has 10 heteroatoms. The third-order valence-electron chi connectivity index (χ3n) is 4.98. The predicted molar refractivity (Wildman–Crippen MR) is 115 cm³/mol. The highest BCUT2D eigenvalue weighted by Crippen LogP contribution is 2.42. The van der Waals surface area contributed by atoms with E-state index in [1.54, 1.807) is 13.0 Å². The highest BCUT2D eigenvalue weighted by atomic mass is 35.5. The van der Waals surface area contributed by atoms with Gasteiger partial charge in [-0.3, -0.25) is 9.63 Å². The largest absolute Gasteiger partial charge is 0.361 e. The summed E-state index contributed by atoms with van der Waals surface area (Å²) in [6.07, 6.45) is 1.42. The van der Waals surface area contributed by atoms with Crippen molar-refractivity contribution < 1.29 is 9.63 Å². The summed E-state index contributed by atoms with van der Waals surface area (Å²) in [5.41, 5.74) is 5.86. The first-order valence-corrected chi connectivity index (χ1v) is 9.93. The lowest BCUT2D eigenvalue weighted by Crippen LogP contribution is -2.31. The number of hydrogen-bond donors (Lipinski definition) is 2. The van der Waals surface area contributed by atoms with Crippen molar-refractivity contribution in [3.63, 3.8) is 0 Å². The Balaban J connectivity index is 1.79. The van der Waals surface area contributed by atoms with Gasteiger partial charge in [0.15, 0.2) is 5.82 Å². The van der Waals surface area contributed by atoms with Crippen molar-refractivity contribution in [2.75, 3.05) is 23.9 Å². The number of aromatic nitrogens is 4. The zero-order chi connectivity index (χ0) is 21.4. The smallest absolute Gasteiger partial charge is 0.278 e. The second kappa shape index (κ2) is 7.92. The fourth-order valence-corrected chi connectivity index (χ4v) is 3.63. The van der Waals surface area contributed by atoms with Crippen LogP contribution in [0.4, 0.5) is 17.1 Å². The van der Waals surface area contributed by atoms with Crippen LogP contribution in [-0.2, 0) is 4.84 Å². The number of anilines is 3. The number of hydroxylamine groups is 1. The van der Waals surface area contributed by atoms with Crippen LogP contribution in [0, 0.1) is 6.92 Å². The second-order valence-corrected chi connectivity index (χ2v) is 7.32. The number of rotatable bonds is 5. The van der Waals surface area contributed by atoms with Gasteiger partial charge < -0.3 is 10.2 Å². The number of aryl methyl sites for hydroxylation is 1. The van der Waals surface area contributed by atoms with Gasteiger partial charge in [0.1, 0.15) is 11.0 Å². The Bertz CT molecular complexity index is 1110. The van der Waals surface area contributed by atoms with E-state index in [1.165, 1.54) is 6.20 Å². The summed E-state index contributed by atoms with van der Waals surface area (Å²) in [5.74, 6) is 1.18. The van der Waals surface area contributed by atoms with Crippen molar-refractivity contribution in [1.29, 1.82) is 0 Å². The number of amides is 1. The molecule has 0 unspecified atom stereocenters. The maximum atomic E-state index is 12.5. The van der Waals surface area contributed by atoms with Crippen molar-refractivity contribution in [1.82, 2.24) is 25.2 Å². The van der Waals surface area contributed by atoms with Crippen LogP contribution in [0.1, 0.15) is 41.9 Å². The first-order chi connectivity index (χ1) is 14.4. The molecule has 3 heterocycles. The topological polar surface area (TPSA) is 97.2 Å². The predicted octanol–water partition coefficient (Wildman–Crippen LogP) is 3.56. The van der Waals surface area contributed by atoms with Crippen LogP contribution in [0.25, 0.3) is 5.69 Å². The number of pyridine rings is 1. The number of benzene rings is 1. The van der Waals surface area contributed by atoms with Gasteiger partial charge >= 0.3 is 0 Å². The second-order valence-electron chi connectivity index (χ2n) is 6.93. The van der Waals surface area contributed by atoms with Gasteiger partial charge in [0, 0.05) is 13.2 Å². The van der Waals surface area contributed by atoms with Gasteiger partial charge in [0.05, 0.1) is 41.0 Å². The van der Waals surface area contributed by atoms with E-state index in [2.05, 4.69) is 37.7 Å². The Kier molecular flexibility index (Phi) is 5.31. The summed E-state index contributed by atoms with van der Waals surface area (Å²) in [7, 11) is 2.00. The fraction of sp³-hybridized carbons (Fsp3) is 0.300. The first kappa shape index (κ1) is 20.1. The van der Waals surface area contributed by atoms with Crippen molar-refractivity contribution in [3.05, 3.63) is 52.8 Å². The summed E-state index contributed by atoms with van der Waals surface area (Å²) in [6, 6.07) is 7.48.